The molecule has 0 aliphatic rings. The van der Waals surface area contributed by atoms with Gasteiger partial charge in [0.25, 0.3) is 0 Å². The molecule has 2 aromatic carbocycles. The van der Waals surface area contributed by atoms with Gasteiger partial charge in [-0.3, -0.25) is 9.10 Å². The van der Waals surface area contributed by atoms with Crippen LogP contribution in [0.4, 0.5) is 10.1 Å². The summed E-state index contributed by atoms with van der Waals surface area (Å²) in [6.45, 7) is 1.82. The highest BCUT2D eigenvalue weighted by Crippen LogP contribution is 2.26. The fourth-order valence-electron chi connectivity index (χ4n) is 2.59. The van der Waals surface area contributed by atoms with Crippen LogP contribution >= 0.6 is 11.6 Å². The summed E-state index contributed by atoms with van der Waals surface area (Å²) in [6.07, 6.45) is 2.39. The number of aryl methyl sites for hydroxylation is 2. The smallest absolute Gasteiger partial charge is 0.240 e. The van der Waals surface area contributed by atoms with E-state index in [1.54, 1.807) is 31.2 Å². The molecule has 0 bridgehead atoms. The maximum absolute atomic E-state index is 12.9. The zero-order chi connectivity index (χ0) is 20.0. The Morgan fingerprint density at radius 1 is 1.19 bits per heavy atom. The molecule has 0 radical (unpaired) electrons. The molecule has 1 amide bonds. The lowest BCUT2D eigenvalue weighted by Gasteiger charge is -2.23. The first kappa shape index (κ1) is 21.2. The third-order valence-corrected chi connectivity index (χ3v) is 5.37. The molecule has 1 N–H and O–H groups in total. The van der Waals surface area contributed by atoms with E-state index in [1.807, 2.05) is 0 Å². The van der Waals surface area contributed by atoms with E-state index in [1.165, 1.54) is 18.2 Å². The molecule has 27 heavy (non-hydrogen) atoms. The number of amides is 1. The Balaban J connectivity index is 1.94. The van der Waals surface area contributed by atoms with Gasteiger partial charge >= 0.3 is 0 Å². The molecule has 0 heterocycles. The molecular formula is C19H22ClFN2O3S. The van der Waals surface area contributed by atoms with Crippen LogP contribution in [-0.4, -0.2) is 33.7 Å². The van der Waals surface area contributed by atoms with Crippen LogP contribution in [0.3, 0.4) is 0 Å². The lowest BCUT2D eigenvalue weighted by atomic mass is 10.1. The number of halogens is 2. The molecule has 8 heteroatoms. The molecular weight excluding hydrogens is 391 g/mol. The van der Waals surface area contributed by atoms with Crippen molar-refractivity contribution in [2.45, 2.75) is 19.8 Å². The van der Waals surface area contributed by atoms with Gasteiger partial charge in [-0.2, -0.15) is 0 Å². The first-order valence-electron chi connectivity index (χ1n) is 8.42. The maximum Gasteiger partial charge on any atom is 0.240 e. The second-order valence-electron chi connectivity index (χ2n) is 6.28. The van der Waals surface area contributed by atoms with Crippen LogP contribution in [0.2, 0.25) is 5.02 Å². The molecule has 0 aliphatic heterocycles. The Kier molecular flexibility index (Phi) is 7.21. The van der Waals surface area contributed by atoms with E-state index in [0.29, 0.717) is 35.7 Å². The van der Waals surface area contributed by atoms with Gasteiger partial charge in [-0.15, -0.1) is 0 Å². The van der Waals surface area contributed by atoms with Gasteiger partial charge in [0, 0.05) is 11.6 Å². The molecule has 0 unspecified atom stereocenters. The van der Waals surface area contributed by atoms with Crippen LogP contribution in [0.1, 0.15) is 17.5 Å². The molecule has 0 fully saturated rings. The summed E-state index contributed by atoms with van der Waals surface area (Å²) in [5, 5.41) is 3.11. The van der Waals surface area contributed by atoms with Gasteiger partial charge in [-0.1, -0.05) is 29.8 Å². The second kappa shape index (κ2) is 9.19. The number of benzene rings is 2. The van der Waals surface area contributed by atoms with Crippen molar-refractivity contribution in [2.24, 2.45) is 0 Å². The van der Waals surface area contributed by atoms with E-state index in [0.717, 1.165) is 16.1 Å². The topological polar surface area (TPSA) is 66.5 Å². The number of sulfonamides is 1. The van der Waals surface area contributed by atoms with Gasteiger partial charge in [-0.25, -0.2) is 12.8 Å². The van der Waals surface area contributed by atoms with Gasteiger partial charge in [0.05, 0.1) is 11.9 Å². The predicted molar refractivity (Wildman–Crippen MR) is 106 cm³/mol. The van der Waals surface area contributed by atoms with Crippen molar-refractivity contribution >= 4 is 33.2 Å². The minimum Gasteiger partial charge on any atom is -0.355 e. The highest BCUT2D eigenvalue weighted by Gasteiger charge is 2.22. The summed E-state index contributed by atoms with van der Waals surface area (Å²) < 4.78 is 38.2. The van der Waals surface area contributed by atoms with E-state index in [9.17, 15) is 17.6 Å². The van der Waals surface area contributed by atoms with Crippen molar-refractivity contribution in [1.82, 2.24) is 5.32 Å². The largest absolute Gasteiger partial charge is 0.355 e. The van der Waals surface area contributed by atoms with Crippen molar-refractivity contribution in [3.63, 3.8) is 0 Å². The number of nitrogens with zero attached hydrogens (tertiary/aromatic N) is 1. The zero-order valence-corrected chi connectivity index (χ0v) is 16.8. The van der Waals surface area contributed by atoms with Crippen LogP contribution in [0, 0.1) is 12.7 Å². The summed E-state index contributed by atoms with van der Waals surface area (Å²) in [5.41, 5.74) is 2.05. The number of hydrogen-bond acceptors (Lipinski definition) is 3. The van der Waals surface area contributed by atoms with E-state index in [4.69, 9.17) is 11.6 Å². The van der Waals surface area contributed by atoms with Crippen molar-refractivity contribution in [3.05, 3.63) is 64.4 Å². The molecule has 0 saturated carbocycles. The highest BCUT2D eigenvalue weighted by atomic mass is 35.5. The number of anilines is 1. The average Bonchev–Trinajstić information content (AvgIpc) is 2.59. The Bertz CT molecular complexity index is 902. The summed E-state index contributed by atoms with van der Waals surface area (Å²) >= 11 is 5.97. The molecule has 0 atom stereocenters. The maximum atomic E-state index is 12.9. The van der Waals surface area contributed by atoms with E-state index >= 15 is 0 Å². The first-order valence-corrected chi connectivity index (χ1v) is 10.6. The molecule has 0 aliphatic carbocycles. The molecule has 0 spiro atoms. The minimum absolute atomic E-state index is 0.288. The number of rotatable bonds is 8. The summed E-state index contributed by atoms with van der Waals surface area (Å²) in [7, 11) is -3.65. The van der Waals surface area contributed by atoms with Gasteiger partial charge in [0.1, 0.15) is 12.4 Å². The molecule has 0 aromatic heterocycles. The number of carbonyl (C=O) groups is 1. The predicted octanol–water partition coefficient (Wildman–Crippen LogP) is 3.30. The molecule has 5 nitrogen and oxygen atoms in total. The number of hydrogen-bond donors (Lipinski definition) is 1. The lowest BCUT2D eigenvalue weighted by Crippen LogP contribution is -2.41. The summed E-state index contributed by atoms with van der Waals surface area (Å²) in [5.74, 6) is -0.692. The van der Waals surface area contributed by atoms with Gasteiger partial charge in [-0.05, 0) is 55.2 Å². The third kappa shape index (κ3) is 6.52. The standard InChI is InChI=1S/C19H22ClFN2O3S/c1-14-5-8-16(20)12-18(14)23(27(2,25)26)13-19(24)22-11-3-4-15-6-9-17(21)10-7-15/h5-10,12H,3-4,11,13H2,1-2H3,(H,22,24). The van der Waals surface area contributed by atoms with Crippen LogP contribution in [0.25, 0.3) is 0 Å². The minimum atomic E-state index is -3.65. The normalized spacial score (nSPS) is 11.3. The van der Waals surface area contributed by atoms with E-state index in [2.05, 4.69) is 5.32 Å². The van der Waals surface area contributed by atoms with Crippen LogP contribution < -0.4 is 9.62 Å². The Hall–Kier alpha value is -2.12. The van der Waals surface area contributed by atoms with Crippen molar-refractivity contribution in [1.29, 1.82) is 0 Å². The Morgan fingerprint density at radius 2 is 1.85 bits per heavy atom. The fourth-order valence-corrected chi connectivity index (χ4v) is 3.66. The summed E-state index contributed by atoms with van der Waals surface area (Å²) in [4.78, 5) is 12.2. The Labute approximate surface area is 164 Å². The third-order valence-electron chi connectivity index (χ3n) is 4.01. The van der Waals surface area contributed by atoms with Gasteiger partial charge in [0.15, 0.2) is 0 Å². The molecule has 146 valence electrons. The average molecular weight is 413 g/mol. The number of carbonyl (C=O) groups excluding carboxylic acids is 1. The van der Waals surface area contributed by atoms with Crippen LogP contribution in [-0.2, 0) is 21.2 Å². The summed E-state index contributed by atoms with van der Waals surface area (Å²) in [6, 6.07) is 11.1. The second-order valence-corrected chi connectivity index (χ2v) is 8.62. The van der Waals surface area contributed by atoms with Crippen molar-refractivity contribution < 1.29 is 17.6 Å². The van der Waals surface area contributed by atoms with E-state index < -0.39 is 15.9 Å². The molecule has 2 aromatic rings. The molecule has 2 rings (SSSR count). The Morgan fingerprint density at radius 3 is 2.48 bits per heavy atom. The number of nitrogens with one attached hydrogen (secondary N) is 1. The van der Waals surface area contributed by atoms with Gasteiger partial charge in [0.2, 0.25) is 15.9 Å². The highest BCUT2D eigenvalue weighted by molar-refractivity contribution is 7.92. The zero-order valence-electron chi connectivity index (χ0n) is 15.2. The monoisotopic (exact) mass is 412 g/mol. The van der Waals surface area contributed by atoms with Gasteiger partial charge < -0.3 is 5.32 Å². The van der Waals surface area contributed by atoms with E-state index in [-0.39, 0.29) is 12.4 Å². The van der Waals surface area contributed by atoms with Crippen molar-refractivity contribution in [3.8, 4) is 0 Å². The first-order chi connectivity index (χ1) is 12.7. The quantitative estimate of drug-likeness (QED) is 0.676. The van der Waals surface area contributed by atoms with Crippen LogP contribution in [0.15, 0.2) is 42.5 Å². The SMILES string of the molecule is Cc1ccc(Cl)cc1N(CC(=O)NCCCc1ccc(F)cc1)S(C)(=O)=O. The lowest BCUT2D eigenvalue weighted by molar-refractivity contribution is -0.119. The molecule has 0 saturated heterocycles. The van der Waals surface area contributed by atoms with Crippen molar-refractivity contribution in [2.75, 3.05) is 23.7 Å². The van der Waals surface area contributed by atoms with Crippen LogP contribution in [0.5, 0.6) is 0 Å². The fraction of sp³-hybridized carbons (Fsp3) is 0.316.